The minimum atomic E-state index is 0.262. The van der Waals surface area contributed by atoms with Crippen molar-refractivity contribution in [1.29, 1.82) is 0 Å². The Balaban J connectivity index is 2.64. The van der Waals surface area contributed by atoms with Crippen molar-refractivity contribution in [3.05, 3.63) is 30.0 Å². The SMILES string of the molecule is Cc1nc(N)cc2c3cc(O)ccc3n(C)c12. The second-order valence-electron chi connectivity index (χ2n) is 4.29. The third-order valence-electron chi connectivity index (χ3n) is 3.15. The zero-order valence-corrected chi connectivity index (χ0v) is 9.73. The van der Waals surface area contributed by atoms with Crippen LogP contribution in [-0.2, 0) is 7.05 Å². The topological polar surface area (TPSA) is 64.1 Å². The van der Waals surface area contributed by atoms with E-state index in [1.165, 1.54) is 0 Å². The molecule has 0 aliphatic carbocycles. The molecule has 4 nitrogen and oxygen atoms in total. The number of nitrogens with zero attached hydrogens (tertiary/aromatic N) is 2. The van der Waals surface area contributed by atoms with Crippen LogP contribution in [0.3, 0.4) is 0 Å². The maximum Gasteiger partial charge on any atom is 0.124 e. The standard InChI is InChI=1S/C13H13N3O/c1-7-13-10(6-12(14)15-7)9-5-8(17)3-4-11(9)16(13)2/h3-6,17H,1-2H3,(H2,14,15). The minimum Gasteiger partial charge on any atom is -0.508 e. The molecule has 0 unspecified atom stereocenters. The Morgan fingerprint density at radius 3 is 2.76 bits per heavy atom. The predicted octanol–water partition coefficient (Wildman–Crippen LogP) is 2.32. The highest BCUT2D eigenvalue weighted by Crippen LogP contribution is 2.32. The Hall–Kier alpha value is -2.23. The van der Waals surface area contributed by atoms with E-state index in [4.69, 9.17) is 5.73 Å². The second-order valence-corrected chi connectivity index (χ2v) is 4.29. The lowest BCUT2D eigenvalue weighted by molar-refractivity contribution is 0.476. The number of fused-ring (bicyclic) bond motifs is 3. The van der Waals surface area contributed by atoms with Gasteiger partial charge in [-0.3, -0.25) is 0 Å². The van der Waals surface area contributed by atoms with Crippen molar-refractivity contribution in [2.45, 2.75) is 6.92 Å². The lowest BCUT2D eigenvalue weighted by Gasteiger charge is -2.01. The van der Waals surface area contributed by atoms with Gasteiger partial charge < -0.3 is 15.4 Å². The summed E-state index contributed by atoms with van der Waals surface area (Å²) in [6.45, 7) is 1.94. The van der Waals surface area contributed by atoms with E-state index in [-0.39, 0.29) is 5.75 Å². The number of rotatable bonds is 0. The molecule has 0 aliphatic rings. The highest BCUT2D eigenvalue weighted by Gasteiger charge is 2.12. The highest BCUT2D eigenvalue weighted by molar-refractivity contribution is 6.09. The van der Waals surface area contributed by atoms with Gasteiger partial charge in [0.25, 0.3) is 0 Å². The fourth-order valence-electron chi connectivity index (χ4n) is 2.47. The van der Waals surface area contributed by atoms with E-state index in [2.05, 4.69) is 9.55 Å². The van der Waals surface area contributed by atoms with Crippen LogP contribution in [0.4, 0.5) is 5.82 Å². The minimum absolute atomic E-state index is 0.262. The molecule has 0 aliphatic heterocycles. The van der Waals surface area contributed by atoms with Crippen molar-refractivity contribution in [3.8, 4) is 5.75 Å². The average Bonchev–Trinajstić information content (AvgIpc) is 2.52. The molecule has 3 N–H and O–H groups in total. The summed E-state index contributed by atoms with van der Waals surface area (Å²) in [6, 6.07) is 7.20. The van der Waals surface area contributed by atoms with Gasteiger partial charge in [-0.25, -0.2) is 4.98 Å². The van der Waals surface area contributed by atoms with Gasteiger partial charge in [-0.05, 0) is 31.2 Å². The number of pyridine rings is 1. The fraction of sp³-hybridized carbons (Fsp3) is 0.154. The number of benzene rings is 1. The summed E-state index contributed by atoms with van der Waals surface area (Å²) in [7, 11) is 1.99. The number of nitrogen functional groups attached to an aromatic ring is 1. The molecule has 0 saturated carbocycles. The lowest BCUT2D eigenvalue weighted by Crippen LogP contribution is -1.95. The third-order valence-corrected chi connectivity index (χ3v) is 3.15. The smallest absolute Gasteiger partial charge is 0.124 e. The van der Waals surface area contributed by atoms with Crippen molar-refractivity contribution in [3.63, 3.8) is 0 Å². The van der Waals surface area contributed by atoms with E-state index in [0.717, 1.165) is 27.5 Å². The number of phenolic OH excluding ortho intramolecular Hbond substituents is 1. The monoisotopic (exact) mass is 227 g/mol. The zero-order valence-electron chi connectivity index (χ0n) is 9.73. The molecule has 0 spiro atoms. The summed E-state index contributed by atoms with van der Waals surface area (Å²) in [5.41, 5.74) is 8.80. The first-order chi connectivity index (χ1) is 8.08. The van der Waals surface area contributed by atoms with Crippen LogP contribution in [0.25, 0.3) is 21.8 Å². The lowest BCUT2D eigenvalue weighted by atomic mass is 10.1. The first kappa shape index (κ1) is 9.96. The maximum atomic E-state index is 9.58. The van der Waals surface area contributed by atoms with Crippen molar-refractivity contribution < 1.29 is 5.11 Å². The van der Waals surface area contributed by atoms with E-state index in [9.17, 15) is 5.11 Å². The number of hydrogen-bond acceptors (Lipinski definition) is 3. The molecule has 2 aromatic heterocycles. The molecule has 86 valence electrons. The van der Waals surface area contributed by atoms with Gasteiger partial charge in [-0.2, -0.15) is 0 Å². The third kappa shape index (κ3) is 1.27. The molecule has 2 heterocycles. The normalized spacial score (nSPS) is 11.4. The summed E-state index contributed by atoms with van der Waals surface area (Å²) in [5, 5.41) is 11.6. The number of phenols is 1. The van der Waals surface area contributed by atoms with Gasteiger partial charge in [0, 0.05) is 23.3 Å². The molecule has 0 saturated heterocycles. The van der Waals surface area contributed by atoms with Crippen LogP contribution in [0.1, 0.15) is 5.69 Å². The van der Waals surface area contributed by atoms with E-state index in [1.54, 1.807) is 12.1 Å². The Labute approximate surface area is 98.3 Å². The fourth-order valence-corrected chi connectivity index (χ4v) is 2.47. The van der Waals surface area contributed by atoms with Crippen LogP contribution in [0, 0.1) is 6.92 Å². The van der Waals surface area contributed by atoms with Crippen LogP contribution in [0.5, 0.6) is 5.75 Å². The van der Waals surface area contributed by atoms with Gasteiger partial charge in [0.1, 0.15) is 11.6 Å². The predicted molar refractivity (Wildman–Crippen MR) is 69.0 cm³/mol. The summed E-state index contributed by atoms with van der Waals surface area (Å²) in [6.07, 6.45) is 0. The first-order valence-corrected chi connectivity index (χ1v) is 5.42. The van der Waals surface area contributed by atoms with Crippen molar-refractivity contribution in [2.75, 3.05) is 5.73 Å². The number of aryl methyl sites for hydroxylation is 2. The van der Waals surface area contributed by atoms with Crippen molar-refractivity contribution >= 4 is 27.6 Å². The number of aromatic hydroxyl groups is 1. The Kier molecular flexibility index (Phi) is 1.84. The van der Waals surface area contributed by atoms with Gasteiger partial charge in [0.15, 0.2) is 0 Å². The van der Waals surface area contributed by atoms with Crippen molar-refractivity contribution in [2.24, 2.45) is 7.05 Å². The van der Waals surface area contributed by atoms with Gasteiger partial charge in [0.05, 0.1) is 11.2 Å². The van der Waals surface area contributed by atoms with Gasteiger partial charge in [-0.1, -0.05) is 0 Å². The van der Waals surface area contributed by atoms with Crippen LogP contribution in [0.15, 0.2) is 24.3 Å². The van der Waals surface area contributed by atoms with E-state index < -0.39 is 0 Å². The van der Waals surface area contributed by atoms with Crippen LogP contribution in [-0.4, -0.2) is 14.7 Å². The van der Waals surface area contributed by atoms with Gasteiger partial charge >= 0.3 is 0 Å². The maximum absolute atomic E-state index is 9.58. The molecule has 3 aromatic rings. The largest absolute Gasteiger partial charge is 0.508 e. The van der Waals surface area contributed by atoms with Crippen molar-refractivity contribution in [1.82, 2.24) is 9.55 Å². The summed E-state index contributed by atoms with van der Waals surface area (Å²) < 4.78 is 2.08. The van der Waals surface area contributed by atoms with E-state index >= 15 is 0 Å². The molecule has 0 radical (unpaired) electrons. The van der Waals surface area contributed by atoms with Gasteiger partial charge in [0.2, 0.25) is 0 Å². The number of nitrogens with two attached hydrogens (primary N) is 1. The Morgan fingerprint density at radius 2 is 2.00 bits per heavy atom. The summed E-state index contributed by atoms with van der Waals surface area (Å²) in [5.74, 6) is 0.767. The molecule has 1 aromatic carbocycles. The average molecular weight is 227 g/mol. The molecule has 0 amide bonds. The first-order valence-electron chi connectivity index (χ1n) is 5.42. The van der Waals surface area contributed by atoms with E-state index in [0.29, 0.717) is 5.82 Å². The molecule has 0 fully saturated rings. The highest BCUT2D eigenvalue weighted by atomic mass is 16.3. The molecule has 0 atom stereocenters. The van der Waals surface area contributed by atoms with E-state index in [1.807, 2.05) is 26.1 Å². The summed E-state index contributed by atoms with van der Waals surface area (Å²) >= 11 is 0. The molecule has 0 bridgehead atoms. The van der Waals surface area contributed by atoms with Crippen LogP contribution < -0.4 is 5.73 Å². The van der Waals surface area contributed by atoms with Crippen LogP contribution in [0.2, 0.25) is 0 Å². The Morgan fingerprint density at radius 1 is 1.24 bits per heavy atom. The number of anilines is 1. The molecule has 4 heteroatoms. The molecule has 3 rings (SSSR count). The quantitative estimate of drug-likeness (QED) is 0.619. The van der Waals surface area contributed by atoms with Crippen LogP contribution >= 0.6 is 0 Å². The van der Waals surface area contributed by atoms with Gasteiger partial charge in [-0.15, -0.1) is 0 Å². The zero-order chi connectivity index (χ0) is 12.2. The molecule has 17 heavy (non-hydrogen) atoms. The number of aromatic nitrogens is 2. The summed E-state index contributed by atoms with van der Waals surface area (Å²) in [4.78, 5) is 4.27. The Bertz CT molecular complexity index is 743. The second kappa shape index (κ2) is 3.13. The molecular weight excluding hydrogens is 214 g/mol. The molecular formula is C13H13N3O. The number of hydrogen-bond donors (Lipinski definition) is 2.